The lowest BCUT2D eigenvalue weighted by Gasteiger charge is -2.22. The van der Waals surface area contributed by atoms with E-state index in [1.807, 2.05) is 0 Å². The van der Waals surface area contributed by atoms with Crippen molar-refractivity contribution in [3.8, 4) is 0 Å². The number of carbonyl (C=O) groups is 2. The highest BCUT2D eigenvalue weighted by Gasteiger charge is 2.20. The average molecular weight is 1050 g/mol. The zero-order valence-electron chi connectivity index (χ0n) is 50.5. The van der Waals surface area contributed by atoms with Crippen LogP contribution in [0.5, 0.6) is 0 Å². The molecule has 6 heteroatoms. The zero-order valence-corrected chi connectivity index (χ0v) is 50.5. The summed E-state index contributed by atoms with van der Waals surface area (Å²) in [5, 5.41) is 23.4. The molecule has 6 nitrogen and oxygen atoms in total. The summed E-state index contributed by atoms with van der Waals surface area (Å²) in [6, 6.07) is -0.542. The molecule has 2 atom stereocenters. The van der Waals surface area contributed by atoms with Gasteiger partial charge >= 0.3 is 5.97 Å². The molecule has 442 valence electrons. The maximum absolute atomic E-state index is 12.5. The molecular weight excluding hydrogens is 923 g/mol. The first-order chi connectivity index (χ1) is 37.0. The van der Waals surface area contributed by atoms with Gasteiger partial charge in [0.05, 0.1) is 25.4 Å². The van der Waals surface area contributed by atoms with E-state index in [2.05, 4.69) is 55.6 Å². The Morgan fingerprint density at radius 1 is 0.373 bits per heavy atom. The number of unbranched alkanes of at least 4 members (excludes halogenated alkanes) is 46. The highest BCUT2D eigenvalue weighted by atomic mass is 16.5. The highest BCUT2D eigenvalue weighted by Crippen LogP contribution is 2.18. The van der Waals surface area contributed by atoms with Crippen molar-refractivity contribution in [2.45, 2.75) is 379 Å². The number of hydrogen-bond acceptors (Lipinski definition) is 5. The van der Waals surface area contributed by atoms with Crippen molar-refractivity contribution in [3.05, 3.63) is 36.5 Å². The van der Waals surface area contributed by atoms with Gasteiger partial charge in [0.15, 0.2) is 0 Å². The van der Waals surface area contributed by atoms with Crippen molar-refractivity contribution >= 4 is 11.9 Å². The van der Waals surface area contributed by atoms with E-state index < -0.39 is 12.1 Å². The Morgan fingerprint density at radius 2 is 0.693 bits per heavy atom. The lowest BCUT2D eigenvalue weighted by atomic mass is 10.0. The van der Waals surface area contributed by atoms with Crippen LogP contribution in [0.2, 0.25) is 0 Å². The number of allylic oxidation sites excluding steroid dienone is 6. The second kappa shape index (κ2) is 64.6. The minimum Gasteiger partial charge on any atom is -0.466 e. The number of rotatable bonds is 63. The molecule has 0 aromatic carbocycles. The van der Waals surface area contributed by atoms with Crippen LogP contribution in [0.3, 0.4) is 0 Å². The maximum atomic E-state index is 12.5. The van der Waals surface area contributed by atoms with Crippen molar-refractivity contribution in [1.82, 2.24) is 5.32 Å². The predicted molar refractivity (Wildman–Crippen MR) is 329 cm³/mol. The number of amides is 1. The number of hydrogen-bond donors (Lipinski definition) is 3. The third-order valence-electron chi connectivity index (χ3n) is 15.6. The Kier molecular flexibility index (Phi) is 63.0. The fourth-order valence-corrected chi connectivity index (χ4v) is 10.5. The van der Waals surface area contributed by atoms with Crippen LogP contribution in [0.15, 0.2) is 36.5 Å². The van der Waals surface area contributed by atoms with E-state index in [9.17, 15) is 19.8 Å². The van der Waals surface area contributed by atoms with E-state index >= 15 is 0 Å². The third-order valence-corrected chi connectivity index (χ3v) is 15.6. The van der Waals surface area contributed by atoms with E-state index in [4.69, 9.17) is 4.74 Å². The third kappa shape index (κ3) is 61.2. The van der Waals surface area contributed by atoms with Gasteiger partial charge in [-0.05, 0) is 77.0 Å². The molecule has 0 spiro atoms. The Bertz CT molecular complexity index is 1210. The molecule has 3 N–H and O–H groups in total. The van der Waals surface area contributed by atoms with Crippen LogP contribution in [0.1, 0.15) is 367 Å². The van der Waals surface area contributed by atoms with Crippen LogP contribution >= 0.6 is 0 Å². The summed E-state index contributed by atoms with van der Waals surface area (Å²) in [6.07, 6.45) is 81.8. The molecular formula is C69H131NO5. The summed E-state index contributed by atoms with van der Waals surface area (Å²) in [5.74, 6) is -0.0315. The molecule has 0 aliphatic carbocycles. The lowest BCUT2D eigenvalue weighted by Crippen LogP contribution is -2.45. The van der Waals surface area contributed by atoms with Crippen LogP contribution in [0.4, 0.5) is 0 Å². The van der Waals surface area contributed by atoms with Crippen LogP contribution in [0.25, 0.3) is 0 Å². The fraction of sp³-hybridized carbons (Fsp3) is 0.884. The number of carbonyl (C=O) groups excluding carboxylic acids is 2. The smallest absolute Gasteiger partial charge is 0.305 e. The fourth-order valence-electron chi connectivity index (χ4n) is 10.5. The Hall–Kier alpha value is -1.92. The van der Waals surface area contributed by atoms with Gasteiger partial charge in [-0.25, -0.2) is 0 Å². The zero-order chi connectivity index (χ0) is 54.3. The first kappa shape index (κ1) is 73.1. The Balaban J connectivity index is 3.38. The van der Waals surface area contributed by atoms with E-state index in [-0.39, 0.29) is 18.5 Å². The highest BCUT2D eigenvalue weighted by molar-refractivity contribution is 5.76. The molecule has 0 bridgehead atoms. The quantitative estimate of drug-likeness (QED) is 0.0320. The number of esters is 1. The van der Waals surface area contributed by atoms with Crippen molar-refractivity contribution in [2.24, 2.45) is 0 Å². The van der Waals surface area contributed by atoms with Crippen LogP contribution < -0.4 is 5.32 Å². The summed E-state index contributed by atoms with van der Waals surface area (Å²) < 4.78 is 5.47. The molecule has 0 fully saturated rings. The minimum atomic E-state index is -0.665. The molecule has 0 saturated carbocycles. The summed E-state index contributed by atoms with van der Waals surface area (Å²) in [6.45, 7) is 4.91. The summed E-state index contributed by atoms with van der Waals surface area (Å²) >= 11 is 0. The Labute approximate surface area is 468 Å². The van der Waals surface area contributed by atoms with Crippen LogP contribution in [-0.2, 0) is 14.3 Å². The van der Waals surface area contributed by atoms with Gasteiger partial charge in [0.2, 0.25) is 5.91 Å². The van der Waals surface area contributed by atoms with Gasteiger partial charge in [-0.2, -0.15) is 0 Å². The number of aliphatic hydroxyl groups is 2. The summed E-state index contributed by atoms with van der Waals surface area (Å²) in [7, 11) is 0. The number of aliphatic hydroxyl groups excluding tert-OH is 2. The topological polar surface area (TPSA) is 95.9 Å². The van der Waals surface area contributed by atoms with Gasteiger partial charge in [-0.15, -0.1) is 0 Å². The van der Waals surface area contributed by atoms with E-state index in [1.165, 1.54) is 283 Å². The van der Waals surface area contributed by atoms with E-state index in [0.29, 0.717) is 25.9 Å². The normalized spacial score (nSPS) is 12.7. The summed E-state index contributed by atoms with van der Waals surface area (Å²) in [5.41, 5.74) is 0. The first-order valence-electron chi connectivity index (χ1n) is 33.7. The van der Waals surface area contributed by atoms with Gasteiger partial charge in [0.1, 0.15) is 0 Å². The van der Waals surface area contributed by atoms with Crippen molar-refractivity contribution in [3.63, 3.8) is 0 Å². The molecule has 1 amide bonds. The van der Waals surface area contributed by atoms with Gasteiger partial charge < -0.3 is 20.3 Å². The van der Waals surface area contributed by atoms with Crippen molar-refractivity contribution < 1.29 is 24.5 Å². The molecule has 0 aromatic heterocycles. The van der Waals surface area contributed by atoms with Crippen molar-refractivity contribution in [2.75, 3.05) is 13.2 Å². The van der Waals surface area contributed by atoms with E-state index in [1.54, 1.807) is 0 Å². The second-order valence-corrected chi connectivity index (χ2v) is 23.1. The van der Waals surface area contributed by atoms with Gasteiger partial charge in [-0.1, -0.05) is 314 Å². The van der Waals surface area contributed by atoms with Gasteiger partial charge in [0.25, 0.3) is 0 Å². The molecule has 0 aromatic rings. The molecule has 0 saturated heterocycles. The predicted octanol–water partition coefficient (Wildman–Crippen LogP) is 21.5. The molecule has 0 heterocycles. The standard InChI is InChI=1S/C69H131NO5/c1-3-5-7-9-11-13-15-17-18-31-34-38-41-45-49-53-57-61-67(72)66(65-71)70-68(73)62-58-54-50-46-42-39-35-32-29-27-25-23-21-19-20-22-24-26-28-30-33-36-40-44-48-52-56-60-64-75-69(74)63-59-55-51-47-43-37-16-14-12-10-8-6-4-2/h8,10,14,16,19-20,66-67,71-72H,3-7,9,11-13,15,17-18,21-65H2,1-2H3,(H,70,73)/b10-8-,16-14-,20-19-. The molecule has 0 radical (unpaired) electrons. The summed E-state index contributed by atoms with van der Waals surface area (Å²) in [4.78, 5) is 24.5. The molecule has 0 aliphatic heterocycles. The largest absolute Gasteiger partial charge is 0.466 e. The monoisotopic (exact) mass is 1050 g/mol. The van der Waals surface area contributed by atoms with Gasteiger partial charge in [-0.3, -0.25) is 9.59 Å². The molecule has 2 unspecified atom stereocenters. The lowest BCUT2D eigenvalue weighted by molar-refractivity contribution is -0.143. The minimum absolute atomic E-state index is 0.000646. The molecule has 75 heavy (non-hydrogen) atoms. The Morgan fingerprint density at radius 3 is 1.08 bits per heavy atom. The molecule has 0 rings (SSSR count). The second-order valence-electron chi connectivity index (χ2n) is 23.1. The van der Waals surface area contributed by atoms with Crippen LogP contribution in [0, 0.1) is 0 Å². The average Bonchev–Trinajstić information content (AvgIpc) is 3.41. The van der Waals surface area contributed by atoms with Crippen LogP contribution in [-0.4, -0.2) is 47.4 Å². The van der Waals surface area contributed by atoms with Gasteiger partial charge in [0, 0.05) is 12.8 Å². The maximum Gasteiger partial charge on any atom is 0.305 e. The molecule has 0 aliphatic rings. The van der Waals surface area contributed by atoms with Crippen molar-refractivity contribution in [1.29, 1.82) is 0 Å². The number of nitrogens with one attached hydrogen (secondary N) is 1. The number of ether oxygens (including phenoxy) is 1. The SMILES string of the molecule is CCC/C=C\C/C=C\CCCCCCCC(=O)OCCCCCCCCCCCCCC/C=C\CCCCCCCCCCCCCCC(=O)NC(CO)C(O)CCCCCCCCCCCCCCCCCCC. The van der Waals surface area contributed by atoms with E-state index in [0.717, 1.165) is 51.4 Å². The first-order valence-corrected chi connectivity index (χ1v) is 33.7.